The van der Waals surface area contributed by atoms with Crippen LogP contribution in [0.3, 0.4) is 0 Å². The standard InChI is InChI=1S/C27H30N4O3/c1-31(2)26(22-7-5-9-25(17-22)33-3)18-29-27(32)30-23-8-4-6-21(16-23)19-34-24-12-10-20(11-13-24)14-15-28/h4-13,16-17,26H,14,18-19H2,1-3H3,(H2,29,30,32). The summed E-state index contributed by atoms with van der Waals surface area (Å²) in [5.41, 5.74) is 3.63. The molecular formula is C27H30N4O3. The van der Waals surface area contributed by atoms with E-state index >= 15 is 0 Å². The molecule has 2 amide bonds. The summed E-state index contributed by atoms with van der Waals surface area (Å²) in [6.07, 6.45) is 0.380. The minimum atomic E-state index is -0.277. The molecule has 1 unspecified atom stereocenters. The molecule has 0 heterocycles. The number of carbonyl (C=O) groups is 1. The molecule has 7 nitrogen and oxygen atoms in total. The molecule has 2 N–H and O–H groups in total. The van der Waals surface area contributed by atoms with Gasteiger partial charge in [-0.3, -0.25) is 0 Å². The molecule has 0 aliphatic heterocycles. The van der Waals surface area contributed by atoms with Gasteiger partial charge < -0.3 is 25.0 Å². The maximum absolute atomic E-state index is 12.6. The molecule has 1 atom stereocenters. The molecule has 0 aromatic heterocycles. The summed E-state index contributed by atoms with van der Waals surface area (Å²) in [7, 11) is 5.59. The van der Waals surface area contributed by atoms with Crippen molar-refractivity contribution in [2.24, 2.45) is 0 Å². The number of hydrogen-bond acceptors (Lipinski definition) is 5. The topological polar surface area (TPSA) is 86.6 Å². The van der Waals surface area contributed by atoms with E-state index in [1.54, 1.807) is 7.11 Å². The van der Waals surface area contributed by atoms with Crippen molar-refractivity contribution in [3.8, 4) is 17.6 Å². The SMILES string of the molecule is COc1cccc(C(CNC(=O)Nc2cccc(COc3ccc(CC#N)cc3)c2)N(C)C)c1. The zero-order valence-electron chi connectivity index (χ0n) is 19.7. The number of urea groups is 1. The first kappa shape index (κ1) is 24.6. The summed E-state index contributed by atoms with van der Waals surface area (Å²) in [6, 6.07) is 24.7. The van der Waals surface area contributed by atoms with Crippen LogP contribution in [0.15, 0.2) is 72.8 Å². The average molecular weight is 459 g/mol. The smallest absolute Gasteiger partial charge is 0.319 e. The lowest BCUT2D eigenvalue weighted by Gasteiger charge is -2.25. The van der Waals surface area contributed by atoms with Crippen LogP contribution in [0.2, 0.25) is 0 Å². The molecule has 0 radical (unpaired) electrons. The van der Waals surface area contributed by atoms with E-state index < -0.39 is 0 Å². The highest BCUT2D eigenvalue weighted by atomic mass is 16.5. The number of likely N-dealkylation sites (N-methyl/N-ethyl adjacent to an activating group) is 1. The van der Waals surface area contributed by atoms with Crippen LogP contribution in [0.5, 0.6) is 11.5 Å². The van der Waals surface area contributed by atoms with Gasteiger partial charge in [-0.05, 0) is 67.2 Å². The Hall–Kier alpha value is -4.02. The third-order valence-electron chi connectivity index (χ3n) is 5.35. The second-order valence-electron chi connectivity index (χ2n) is 8.06. The predicted molar refractivity (Wildman–Crippen MR) is 133 cm³/mol. The number of nitriles is 1. The monoisotopic (exact) mass is 458 g/mol. The van der Waals surface area contributed by atoms with Gasteiger partial charge in [0.15, 0.2) is 0 Å². The molecule has 3 aromatic carbocycles. The third kappa shape index (κ3) is 7.26. The molecule has 0 aliphatic rings. The van der Waals surface area contributed by atoms with Crippen molar-refractivity contribution >= 4 is 11.7 Å². The first-order valence-corrected chi connectivity index (χ1v) is 11.0. The Kier molecular flexibility index (Phi) is 8.89. The fourth-order valence-corrected chi connectivity index (χ4v) is 3.51. The normalized spacial score (nSPS) is 11.4. The number of amides is 2. The summed E-state index contributed by atoms with van der Waals surface area (Å²) in [6.45, 7) is 0.809. The lowest BCUT2D eigenvalue weighted by atomic mass is 10.1. The van der Waals surface area contributed by atoms with Crippen LogP contribution in [0, 0.1) is 11.3 Å². The number of carbonyl (C=O) groups excluding carboxylic acids is 1. The highest BCUT2D eigenvalue weighted by molar-refractivity contribution is 5.89. The zero-order chi connectivity index (χ0) is 24.3. The van der Waals surface area contributed by atoms with Crippen molar-refractivity contribution < 1.29 is 14.3 Å². The number of ether oxygens (including phenoxy) is 2. The first-order valence-electron chi connectivity index (χ1n) is 11.0. The minimum Gasteiger partial charge on any atom is -0.497 e. The van der Waals surface area contributed by atoms with Crippen LogP contribution in [0.1, 0.15) is 22.7 Å². The minimum absolute atomic E-state index is 0.000122. The average Bonchev–Trinajstić information content (AvgIpc) is 2.84. The molecule has 0 aliphatic carbocycles. The maximum atomic E-state index is 12.6. The van der Waals surface area contributed by atoms with Gasteiger partial charge in [0.25, 0.3) is 0 Å². The second-order valence-corrected chi connectivity index (χ2v) is 8.06. The largest absolute Gasteiger partial charge is 0.497 e. The number of nitrogens with one attached hydrogen (secondary N) is 2. The second kappa shape index (κ2) is 12.3. The van der Waals surface area contributed by atoms with Crippen molar-refractivity contribution in [3.63, 3.8) is 0 Å². The molecule has 0 fully saturated rings. The van der Waals surface area contributed by atoms with E-state index in [9.17, 15) is 4.79 Å². The van der Waals surface area contributed by atoms with Crippen LogP contribution in [-0.4, -0.2) is 38.7 Å². The lowest BCUT2D eigenvalue weighted by Crippen LogP contribution is -2.36. The molecule has 7 heteroatoms. The number of nitrogens with zero attached hydrogens (tertiary/aromatic N) is 2. The molecule has 3 aromatic rings. The van der Waals surface area contributed by atoms with Crippen molar-refractivity contribution in [2.45, 2.75) is 19.1 Å². The van der Waals surface area contributed by atoms with Gasteiger partial charge in [-0.1, -0.05) is 36.4 Å². The molecule has 0 bridgehead atoms. The first-order chi connectivity index (χ1) is 16.5. The van der Waals surface area contributed by atoms with E-state index in [1.807, 2.05) is 86.9 Å². The van der Waals surface area contributed by atoms with Crippen molar-refractivity contribution in [2.75, 3.05) is 33.1 Å². The van der Waals surface area contributed by atoms with E-state index in [0.717, 1.165) is 28.2 Å². The Bertz CT molecular complexity index is 1120. The van der Waals surface area contributed by atoms with Gasteiger partial charge in [-0.2, -0.15) is 5.26 Å². The fourth-order valence-electron chi connectivity index (χ4n) is 3.51. The Labute approximate surface area is 200 Å². The summed E-state index contributed by atoms with van der Waals surface area (Å²) >= 11 is 0. The Balaban J connectivity index is 1.54. The van der Waals surface area contributed by atoms with E-state index in [0.29, 0.717) is 25.3 Å². The zero-order valence-corrected chi connectivity index (χ0v) is 19.7. The van der Waals surface area contributed by atoms with Crippen LogP contribution in [-0.2, 0) is 13.0 Å². The van der Waals surface area contributed by atoms with E-state index in [2.05, 4.69) is 21.6 Å². The molecule has 0 spiro atoms. The Morgan fingerprint density at radius 3 is 2.47 bits per heavy atom. The molecule has 176 valence electrons. The van der Waals surface area contributed by atoms with Crippen molar-refractivity contribution in [1.29, 1.82) is 5.26 Å². The number of methoxy groups -OCH3 is 1. The van der Waals surface area contributed by atoms with Gasteiger partial charge in [0.1, 0.15) is 18.1 Å². The van der Waals surface area contributed by atoms with Crippen molar-refractivity contribution in [1.82, 2.24) is 10.2 Å². The number of anilines is 1. The lowest BCUT2D eigenvalue weighted by molar-refractivity contribution is 0.243. The fraction of sp³-hybridized carbons (Fsp3) is 0.259. The van der Waals surface area contributed by atoms with E-state index in [1.165, 1.54) is 0 Å². The van der Waals surface area contributed by atoms with Gasteiger partial charge in [-0.15, -0.1) is 0 Å². The number of rotatable bonds is 10. The number of benzene rings is 3. The predicted octanol–water partition coefficient (Wildman–Crippen LogP) is 4.76. The summed E-state index contributed by atoms with van der Waals surface area (Å²) in [5.74, 6) is 1.51. The van der Waals surface area contributed by atoms with Crippen LogP contribution >= 0.6 is 0 Å². The van der Waals surface area contributed by atoms with Crippen LogP contribution < -0.4 is 20.1 Å². The van der Waals surface area contributed by atoms with E-state index in [4.69, 9.17) is 14.7 Å². The summed E-state index contributed by atoms with van der Waals surface area (Å²) in [5, 5.41) is 14.6. The maximum Gasteiger partial charge on any atom is 0.319 e. The third-order valence-corrected chi connectivity index (χ3v) is 5.35. The van der Waals surface area contributed by atoms with E-state index in [-0.39, 0.29) is 12.1 Å². The molecule has 34 heavy (non-hydrogen) atoms. The van der Waals surface area contributed by atoms with Crippen molar-refractivity contribution in [3.05, 3.63) is 89.5 Å². The van der Waals surface area contributed by atoms with Gasteiger partial charge in [0.2, 0.25) is 0 Å². The van der Waals surface area contributed by atoms with Crippen LogP contribution in [0.25, 0.3) is 0 Å². The molecule has 3 rings (SSSR count). The van der Waals surface area contributed by atoms with Gasteiger partial charge >= 0.3 is 6.03 Å². The quantitative estimate of drug-likeness (QED) is 0.457. The molecule has 0 saturated heterocycles. The summed E-state index contributed by atoms with van der Waals surface area (Å²) in [4.78, 5) is 14.6. The highest BCUT2D eigenvalue weighted by Gasteiger charge is 2.16. The van der Waals surface area contributed by atoms with Gasteiger partial charge in [-0.25, -0.2) is 4.79 Å². The summed E-state index contributed by atoms with van der Waals surface area (Å²) < 4.78 is 11.2. The molecular weight excluding hydrogens is 428 g/mol. The van der Waals surface area contributed by atoms with Crippen LogP contribution in [0.4, 0.5) is 10.5 Å². The Morgan fingerprint density at radius 2 is 1.76 bits per heavy atom. The van der Waals surface area contributed by atoms with Gasteiger partial charge in [0, 0.05) is 12.2 Å². The molecule has 0 saturated carbocycles. The Morgan fingerprint density at radius 1 is 1.00 bits per heavy atom. The number of hydrogen-bond donors (Lipinski definition) is 2. The van der Waals surface area contributed by atoms with Gasteiger partial charge in [0.05, 0.1) is 25.6 Å². The highest BCUT2D eigenvalue weighted by Crippen LogP contribution is 2.22.